The second-order valence-corrected chi connectivity index (χ2v) is 7.80. The number of halogens is 1. The number of anilines is 2. The molecule has 0 atom stereocenters. The number of thiophene rings is 1. The van der Waals surface area contributed by atoms with Crippen LogP contribution < -0.4 is 15.5 Å². The van der Waals surface area contributed by atoms with E-state index in [0.717, 1.165) is 55.1 Å². The van der Waals surface area contributed by atoms with Crippen molar-refractivity contribution in [2.24, 2.45) is 0 Å². The second-order valence-electron chi connectivity index (χ2n) is 6.38. The molecule has 0 amide bonds. The van der Waals surface area contributed by atoms with Gasteiger partial charge in [-0.2, -0.15) is 4.98 Å². The van der Waals surface area contributed by atoms with Gasteiger partial charge in [0.05, 0.1) is 18.3 Å². The quantitative estimate of drug-likeness (QED) is 0.652. The Hall–Kier alpha value is -1.96. The molecule has 1 fully saturated rings. The number of nitrogens with zero attached hydrogens (tertiary/aromatic N) is 4. The van der Waals surface area contributed by atoms with Crippen LogP contribution in [0.5, 0.6) is 0 Å². The van der Waals surface area contributed by atoms with Gasteiger partial charge < -0.3 is 15.5 Å². The molecule has 0 unspecified atom stereocenters. The van der Waals surface area contributed by atoms with Crippen LogP contribution in [-0.4, -0.2) is 41.1 Å². The first-order chi connectivity index (χ1) is 12.7. The smallest absolute Gasteiger partial charge is 0.227 e. The summed E-state index contributed by atoms with van der Waals surface area (Å²) in [5.74, 6) is 1.56. The first kappa shape index (κ1) is 17.5. The highest BCUT2D eigenvalue weighted by molar-refractivity contribution is 7.09. The van der Waals surface area contributed by atoms with Gasteiger partial charge in [0.25, 0.3) is 0 Å². The van der Waals surface area contributed by atoms with E-state index in [0.29, 0.717) is 11.2 Å². The molecule has 0 saturated carbocycles. The van der Waals surface area contributed by atoms with Crippen LogP contribution in [0, 0.1) is 0 Å². The highest BCUT2D eigenvalue weighted by Crippen LogP contribution is 2.27. The molecule has 3 aromatic rings. The molecule has 4 rings (SSSR count). The highest BCUT2D eigenvalue weighted by atomic mass is 35.5. The third-order valence-corrected chi connectivity index (χ3v) is 5.82. The summed E-state index contributed by atoms with van der Waals surface area (Å²) < 4.78 is 0. The molecule has 6 nitrogen and oxygen atoms in total. The van der Waals surface area contributed by atoms with Gasteiger partial charge in [0.15, 0.2) is 0 Å². The van der Waals surface area contributed by atoms with Crippen molar-refractivity contribution in [1.82, 2.24) is 20.3 Å². The van der Waals surface area contributed by atoms with Crippen molar-refractivity contribution in [3.8, 4) is 0 Å². The van der Waals surface area contributed by atoms with Gasteiger partial charge in [-0.3, -0.25) is 0 Å². The zero-order valence-electron chi connectivity index (χ0n) is 14.6. The first-order valence-corrected chi connectivity index (χ1v) is 10.0. The van der Waals surface area contributed by atoms with Crippen LogP contribution in [0.3, 0.4) is 0 Å². The van der Waals surface area contributed by atoms with E-state index in [-0.39, 0.29) is 0 Å². The molecule has 2 N–H and O–H groups in total. The number of rotatable bonds is 5. The minimum atomic E-state index is 0.447. The number of fused-ring (bicyclic) bond motifs is 1. The van der Waals surface area contributed by atoms with E-state index < -0.39 is 0 Å². The minimum Gasteiger partial charge on any atom is -0.364 e. The minimum absolute atomic E-state index is 0.447. The van der Waals surface area contributed by atoms with Crippen LogP contribution in [0.1, 0.15) is 17.7 Å². The molecule has 1 saturated heterocycles. The molecule has 1 aliphatic rings. The predicted molar refractivity (Wildman–Crippen MR) is 108 cm³/mol. The standard InChI is InChI=1S/C18H21ClN6S/c1-20-12-4-6-25(7-5-12)18-23-15-11-21-16(19)9-14(15)17(24-18)22-10-13-3-2-8-26-13/h2-3,8-9,11-12,20H,4-7,10H2,1H3,(H,22,23,24). The first-order valence-electron chi connectivity index (χ1n) is 8.74. The van der Waals surface area contributed by atoms with Crippen LogP contribution >= 0.6 is 22.9 Å². The monoisotopic (exact) mass is 388 g/mol. The number of piperidine rings is 1. The van der Waals surface area contributed by atoms with Crippen molar-refractivity contribution < 1.29 is 0 Å². The molecule has 26 heavy (non-hydrogen) atoms. The maximum atomic E-state index is 6.10. The number of hydrogen-bond donors (Lipinski definition) is 2. The fourth-order valence-electron chi connectivity index (χ4n) is 3.22. The highest BCUT2D eigenvalue weighted by Gasteiger charge is 2.21. The fraction of sp³-hybridized carbons (Fsp3) is 0.389. The van der Waals surface area contributed by atoms with Crippen molar-refractivity contribution in [2.75, 3.05) is 30.4 Å². The fourth-order valence-corrected chi connectivity index (χ4v) is 4.03. The van der Waals surface area contributed by atoms with Crippen molar-refractivity contribution >= 4 is 45.6 Å². The molecule has 1 aliphatic heterocycles. The molecule has 3 aromatic heterocycles. The molecule has 0 radical (unpaired) electrons. The van der Waals surface area contributed by atoms with Crippen LogP contribution in [0.4, 0.5) is 11.8 Å². The van der Waals surface area contributed by atoms with Crippen LogP contribution in [-0.2, 0) is 6.54 Å². The van der Waals surface area contributed by atoms with E-state index in [2.05, 4.69) is 38.0 Å². The Bertz CT molecular complexity index is 877. The number of pyridine rings is 1. The summed E-state index contributed by atoms with van der Waals surface area (Å²) in [6, 6.07) is 6.56. The van der Waals surface area contributed by atoms with Crippen LogP contribution in [0.2, 0.25) is 5.15 Å². The molecule has 0 aromatic carbocycles. The lowest BCUT2D eigenvalue weighted by Gasteiger charge is -2.32. The Morgan fingerprint density at radius 1 is 1.31 bits per heavy atom. The molecular formula is C18H21ClN6S. The zero-order valence-corrected chi connectivity index (χ0v) is 16.1. The van der Waals surface area contributed by atoms with Crippen LogP contribution in [0.15, 0.2) is 29.8 Å². The van der Waals surface area contributed by atoms with Gasteiger partial charge in [-0.15, -0.1) is 11.3 Å². The summed E-state index contributed by atoms with van der Waals surface area (Å²) in [4.78, 5) is 17.2. The normalized spacial score (nSPS) is 15.5. The Kier molecular flexibility index (Phi) is 5.19. The SMILES string of the molecule is CNC1CCN(c2nc(NCc3cccs3)c3cc(Cl)ncc3n2)CC1. The number of aromatic nitrogens is 3. The lowest BCUT2D eigenvalue weighted by atomic mass is 10.1. The average molecular weight is 389 g/mol. The average Bonchev–Trinajstić information content (AvgIpc) is 3.20. The Morgan fingerprint density at radius 3 is 2.88 bits per heavy atom. The molecule has 0 spiro atoms. The summed E-state index contributed by atoms with van der Waals surface area (Å²) in [5, 5.41) is 10.2. The summed E-state index contributed by atoms with van der Waals surface area (Å²) in [5.41, 5.74) is 0.809. The third-order valence-electron chi connectivity index (χ3n) is 4.73. The maximum Gasteiger partial charge on any atom is 0.227 e. The van der Waals surface area contributed by atoms with Gasteiger partial charge in [-0.1, -0.05) is 17.7 Å². The van der Waals surface area contributed by atoms with Gasteiger partial charge in [-0.05, 0) is 37.4 Å². The van der Waals surface area contributed by atoms with E-state index in [4.69, 9.17) is 21.6 Å². The maximum absolute atomic E-state index is 6.10. The topological polar surface area (TPSA) is 66.0 Å². The Labute approximate surface area is 161 Å². The number of nitrogens with one attached hydrogen (secondary N) is 2. The van der Waals surface area contributed by atoms with Crippen molar-refractivity contribution in [3.05, 3.63) is 39.8 Å². The Balaban J connectivity index is 1.65. The van der Waals surface area contributed by atoms with Crippen molar-refractivity contribution in [2.45, 2.75) is 25.4 Å². The zero-order chi connectivity index (χ0) is 17.9. The summed E-state index contributed by atoms with van der Waals surface area (Å²) in [6.45, 7) is 2.62. The van der Waals surface area contributed by atoms with E-state index in [1.165, 1.54) is 4.88 Å². The van der Waals surface area contributed by atoms with E-state index in [1.54, 1.807) is 17.5 Å². The van der Waals surface area contributed by atoms with Gasteiger partial charge in [0.2, 0.25) is 5.95 Å². The summed E-state index contributed by atoms with van der Waals surface area (Å²) in [6.07, 6.45) is 3.91. The van der Waals surface area contributed by atoms with Crippen molar-refractivity contribution in [1.29, 1.82) is 0 Å². The van der Waals surface area contributed by atoms with E-state index in [1.807, 2.05) is 13.1 Å². The third kappa shape index (κ3) is 3.75. The molecule has 4 heterocycles. The van der Waals surface area contributed by atoms with Gasteiger partial charge in [-0.25, -0.2) is 9.97 Å². The molecule has 0 bridgehead atoms. The largest absolute Gasteiger partial charge is 0.364 e. The molecule has 136 valence electrons. The van der Waals surface area contributed by atoms with E-state index >= 15 is 0 Å². The number of hydrogen-bond acceptors (Lipinski definition) is 7. The lowest BCUT2D eigenvalue weighted by molar-refractivity contribution is 0.439. The van der Waals surface area contributed by atoms with E-state index in [9.17, 15) is 0 Å². The molecular weight excluding hydrogens is 368 g/mol. The Morgan fingerprint density at radius 2 is 2.15 bits per heavy atom. The molecule has 0 aliphatic carbocycles. The lowest BCUT2D eigenvalue weighted by Crippen LogP contribution is -2.41. The predicted octanol–water partition coefficient (Wildman–Crippen LogP) is 3.54. The summed E-state index contributed by atoms with van der Waals surface area (Å²) in [7, 11) is 2.02. The summed E-state index contributed by atoms with van der Waals surface area (Å²) >= 11 is 7.83. The van der Waals surface area contributed by atoms with Crippen LogP contribution in [0.25, 0.3) is 10.9 Å². The van der Waals surface area contributed by atoms with Gasteiger partial charge in [0.1, 0.15) is 11.0 Å². The molecule has 8 heteroatoms. The van der Waals surface area contributed by atoms with Gasteiger partial charge >= 0.3 is 0 Å². The van der Waals surface area contributed by atoms with Crippen molar-refractivity contribution in [3.63, 3.8) is 0 Å². The second kappa shape index (κ2) is 7.73. The van der Waals surface area contributed by atoms with Gasteiger partial charge in [0, 0.05) is 29.4 Å².